The number of halogens is 1. The van der Waals surface area contributed by atoms with E-state index in [0.29, 0.717) is 0 Å². The number of nitrogens with zero attached hydrogens (tertiary/aromatic N) is 1. The largest absolute Gasteiger partial charge is 0.358 e. The zero-order valence-corrected chi connectivity index (χ0v) is 23.0. The van der Waals surface area contributed by atoms with E-state index >= 15 is 0 Å². The average Bonchev–Trinajstić information content (AvgIpc) is 3.25. The number of hydrogen-bond acceptors (Lipinski definition) is 4. The second-order valence-corrected chi connectivity index (χ2v) is 12.7. The molecule has 0 unspecified atom stereocenters. The number of para-hydroxylation sites is 1. The molecule has 0 amide bonds. The van der Waals surface area contributed by atoms with Gasteiger partial charge < -0.3 is 5.32 Å². The summed E-state index contributed by atoms with van der Waals surface area (Å²) in [5, 5.41) is 4.17. The van der Waals surface area contributed by atoms with E-state index in [2.05, 4.69) is 55.6 Å². The Morgan fingerprint density at radius 3 is 2.46 bits per heavy atom. The van der Waals surface area contributed by atoms with Crippen molar-refractivity contribution in [3.05, 3.63) is 99.8 Å². The van der Waals surface area contributed by atoms with Crippen LogP contribution in [0.3, 0.4) is 0 Å². The smallest absolute Gasteiger partial charge is 0.294 e. The van der Waals surface area contributed by atoms with Gasteiger partial charge in [0.1, 0.15) is 0 Å². The summed E-state index contributed by atoms with van der Waals surface area (Å²) in [6, 6.07) is 12.9. The predicted octanol–water partition coefficient (Wildman–Crippen LogP) is 7.74. The van der Waals surface area contributed by atoms with Crippen molar-refractivity contribution in [3.8, 4) is 0 Å². The van der Waals surface area contributed by atoms with Gasteiger partial charge in [-0.05, 0) is 78.0 Å². The molecule has 2 aromatic carbocycles. The molecule has 37 heavy (non-hydrogen) atoms. The van der Waals surface area contributed by atoms with E-state index < -0.39 is 15.5 Å². The van der Waals surface area contributed by atoms with Crippen molar-refractivity contribution in [3.63, 3.8) is 0 Å². The summed E-state index contributed by atoms with van der Waals surface area (Å²) in [6.07, 6.45) is 11.1. The number of nitrogens with one attached hydrogen (secondary N) is 1. The summed E-state index contributed by atoms with van der Waals surface area (Å²) in [7, 11) is -4.27. The van der Waals surface area contributed by atoms with E-state index in [1.807, 2.05) is 26.0 Å². The highest BCUT2D eigenvalue weighted by Gasteiger charge is 2.36. The van der Waals surface area contributed by atoms with Gasteiger partial charge in [0.25, 0.3) is 10.1 Å². The Balaban J connectivity index is 1.41. The molecule has 2 heterocycles. The van der Waals surface area contributed by atoms with E-state index in [-0.39, 0.29) is 10.3 Å². The van der Waals surface area contributed by atoms with Gasteiger partial charge in [-0.1, -0.05) is 69.6 Å². The van der Waals surface area contributed by atoms with Gasteiger partial charge in [-0.3, -0.25) is 9.55 Å². The fourth-order valence-electron chi connectivity index (χ4n) is 5.33. The number of aliphatic imine (C=N–C) groups is 1. The van der Waals surface area contributed by atoms with Crippen LogP contribution in [0.15, 0.2) is 98.5 Å². The molecular formula is C30H31ClN2O3S. The summed E-state index contributed by atoms with van der Waals surface area (Å²) in [5.74, 6) is 0. The molecule has 5 rings (SSSR count). The molecule has 0 radical (unpaired) electrons. The Hall–Kier alpha value is -2.93. The monoisotopic (exact) mass is 534 g/mol. The Kier molecular flexibility index (Phi) is 6.34. The third-order valence-electron chi connectivity index (χ3n) is 7.71. The lowest BCUT2D eigenvalue weighted by Crippen LogP contribution is -2.23. The van der Waals surface area contributed by atoms with Crippen molar-refractivity contribution in [2.75, 3.05) is 5.32 Å². The predicted molar refractivity (Wildman–Crippen MR) is 152 cm³/mol. The highest BCUT2D eigenvalue weighted by Crippen LogP contribution is 2.45. The van der Waals surface area contributed by atoms with Crippen LogP contribution in [0.2, 0.25) is 0 Å². The zero-order chi connectivity index (χ0) is 26.6. The molecule has 192 valence electrons. The van der Waals surface area contributed by atoms with Crippen LogP contribution >= 0.6 is 11.6 Å². The fraction of sp³-hybridized carbons (Fsp3) is 0.300. The van der Waals surface area contributed by atoms with Crippen LogP contribution in [0.5, 0.6) is 0 Å². The highest BCUT2D eigenvalue weighted by atomic mass is 35.5. The third-order valence-corrected chi connectivity index (χ3v) is 9.05. The molecule has 0 atom stereocenters. The number of anilines is 1. The Labute approximate surface area is 224 Å². The number of allylic oxidation sites excluding steroid dienone is 8. The summed E-state index contributed by atoms with van der Waals surface area (Å²) in [4.78, 5) is 4.75. The van der Waals surface area contributed by atoms with E-state index in [4.69, 9.17) is 16.6 Å². The van der Waals surface area contributed by atoms with Gasteiger partial charge in [0.2, 0.25) is 0 Å². The quantitative estimate of drug-likeness (QED) is 0.393. The van der Waals surface area contributed by atoms with Gasteiger partial charge in [0.05, 0.1) is 16.3 Å². The lowest BCUT2D eigenvalue weighted by Gasteiger charge is -2.22. The highest BCUT2D eigenvalue weighted by molar-refractivity contribution is 7.85. The molecule has 0 spiro atoms. The van der Waals surface area contributed by atoms with Crippen molar-refractivity contribution in [1.82, 2.24) is 0 Å². The minimum Gasteiger partial charge on any atom is -0.358 e. The first-order chi connectivity index (χ1) is 17.4. The molecule has 0 saturated carbocycles. The molecule has 2 N–H and O–H groups in total. The molecule has 0 aromatic heterocycles. The molecule has 0 bridgehead atoms. The lowest BCUT2D eigenvalue weighted by atomic mass is 9.81. The average molecular weight is 535 g/mol. The van der Waals surface area contributed by atoms with Gasteiger partial charge in [-0.25, -0.2) is 0 Å². The molecule has 5 nitrogen and oxygen atoms in total. The second kappa shape index (κ2) is 9.12. The fourth-order valence-corrected chi connectivity index (χ4v) is 6.15. The number of benzene rings is 2. The van der Waals surface area contributed by atoms with E-state index in [1.165, 1.54) is 17.7 Å². The first-order valence-corrected chi connectivity index (χ1v) is 14.3. The molecule has 2 aromatic rings. The molecule has 2 aliphatic heterocycles. The van der Waals surface area contributed by atoms with Crippen LogP contribution < -0.4 is 5.32 Å². The molecule has 3 aliphatic rings. The SMILES string of the molecule is CC1(C)C(/C=C/C2=C(Cl)C(=C/C=C3/Nc4ccc(S(=O)(=O)O)cc4C3(C)C)/CCC2)=Nc2ccccc21. The van der Waals surface area contributed by atoms with Crippen molar-refractivity contribution in [2.45, 2.75) is 62.7 Å². The first kappa shape index (κ1) is 25.7. The molecular weight excluding hydrogens is 504 g/mol. The van der Waals surface area contributed by atoms with E-state index in [1.54, 1.807) is 6.07 Å². The number of rotatable bonds is 4. The van der Waals surface area contributed by atoms with Gasteiger partial charge in [0, 0.05) is 27.2 Å². The number of fused-ring (bicyclic) bond motifs is 2. The zero-order valence-electron chi connectivity index (χ0n) is 21.5. The minimum absolute atomic E-state index is 0.103. The molecule has 0 fully saturated rings. The van der Waals surface area contributed by atoms with Gasteiger partial charge >= 0.3 is 0 Å². The van der Waals surface area contributed by atoms with Crippen molar-refractivity contribution < 1.29 is 13.0 Å². The minimum atomic E-state index is -4.27. The topological polar surface area (TPSA) is 78.8 Å². The third kappa shape index (κ3) is 4.63. The standard InChI is InChI=1S/C30H31ClN2O3S/c1-29(2)22-10-5-6-11-24(22)32-26(29)16-12-19-8-7-9-20(28(19)31)13-17-27-30(3,4)23-18-21(37(34,35)36)14-15-25(23)33-27/h5-6,10-18,33H,7-9H2,1-4H3,(H,34,35,36)/b16-12+,20-13+,27-17+. The Morgan fingerprint density at radius 2 is 1.73 bits per heavy atom. The van der Waals surface area contributed by atoms with Crippen molar-refractivity contribution in [2.24, 2.45) is 4.99 Å². The Bertz CT molecular complexity index is 1560. The van der Waals surface area contributed by atoms with Crippen LogP contribution in [0, 0.1) is 0 Å². The summed E-state index contributed by atoms with van der Waals surface area (Å²) < 4.78 is 32.7. The van der Waals surface area contributed by atoms with E-state index in [0.717, 1.165) is 63.8 Å². The van der Waals surface area contributed by atoms with Gasteiger partial charge in [-0.15, -0.1) is 0 Å². The van der Waals surface area contributed by atoms with Crippen LogP contribution in [0.1, 0.15) is 58.1 Å². The summed E-state index contributed by atoms with van der Waals surface area (Å²) in [6.45, 7) is 8.45. The normalized spacial score (nSPS) is 22.4. The van der Waals surface area contributed by atoms with Crippen LogP contribution in [-0.2, 0) is 20.9 Å². The first-order valence-electron chi connectivity index (χ1n) is 12.5. The van der Waals surface area contributed by atoms with Gasteiger partial charge in [-0.2, -0.15) is 8.42 Å². The second-order valence-electron chi connectivity index (χ2n) is 10.9. The molecule has 7 heteroatoms. The summed E-state index contributed by atoms with van der Waals surface area (Å²) >= 11 is 6.89. The maximum atomic E-state index is 11.6. The maximum absolute atomic E-state index is 11.6. The van der Waals surface area contributed by atoms with Crippen molar-refractivity contribution in [1.29, 1.82) is 0 Å². The lowest BCUT2D eigenvalue weighted by molar-refractivity contribution is 0.483. The number of hydrogen-bond donors (Lipinski definition) is 2. The van der Waals surface area contributed by atoms with E-state index in [9.17, 15) is 13.0 Å². The van der Waals surface area contributed by atoms with Crippen LogP contribution in [0.25, 0.3) is 0 Å². The van der Waals surface area contributed by atoms with Crippen molar-refractivity contribution >= 4 is 38.8 Å². The maximum Gasteiger partial charge on any atom is 0.294 e. The summed E-state index contributed by atoms with van der Waals surface area (Å²) in [5.41, 5.74) is 7.46. The van der Waals surface area contributed by atoms with Crippen LogP contribution in [-0.4, -0.2) is 18.7 Å². The molecule has 0 saturated heterocycles. The van der Waals surface area contributed by atoms with Crippen LogP contribution in [0.4, 0.5) is 11.4 Å². The molecule has 1 aliphatic carbocycles. The Morgan fingerprint density at radius 1 is 0.973 bits per heavy atom. The van der Waals surface area contributed by atoms with Gasteiger partial charge in [0.15, 0.2) is 0 Å².